The molecule has 0 heterocycles. The molecule has 2 aromatic rings. The van der Waals surface area contributed by atoms with Crippen LogP contribution in [0.4, 0.5) is 0 Å². The van der Waals surface area contributed by atoms with Crippen molar-refractivity contribution in [1.82, 2.24) is 0 Å². The van der Waals surface area contributed by atoms with E-state index in [1.807, 2.05) is 37.3 Å². The van der Waals surface area contributed by atoms with E-state index >= 15 is 0 Å². The van der Waals surface area contributed by atoms with Gasteiger partial charge in [-0.25, -0.2) is 0 Å². The predicted octanol–water partition coefficient (Wildman–Crippen LogP) is 4.21. The van der Waals surface area contributed by atoms with E-state index in [1.54, 1.807) is 19.2 Å². The van der Waals surface area contributed by atoms with Gasteiger partial charge in [-0.2, -0.15) is 0 Å². The van der Waals surface area contributed by atoms with Gasteiger partial charge < -0.3 is 9.84 Å². The zero-order valence-corrected chi connectivity index (χ0v) is 11.1. The maximum absolute atomic E-state index is 9.94. The highest BCUT2D eigenvalue weighted by Crippen LogP contribution is 2.33. The van der Waals surface area contributed by atoms with Crippen LogP contribution in [-0.2, 0) is 0 Å². The van der Waals surface area contributed by atoms with Crippen LogP contribution >= 0.6 is 11.6 Å². The van der Waals surface area contributed by atoms with Crippen LogP contribution in [0.5, 0.6) is 11.5 Å². The maximum Gasteiger partial charge on any atom is 0.119 e. The van der Waals surface area contributed by atoms with Gasteiger partial charge >= 0.3 is 0 Å². The maximum atomic E-state index is 9.94. The second kappa shape index (κ2) is 5.32. The summed E-state index contributed by atoms with van der Waals surface area (Å²) >= 11 is 5.87. The van der Waals surface area contributed by atoms with Gasteiger partial charge in [-0.1, -0.05) is 30.7 Å². The van der Waals surface area contributed by atoms with Gasteiger partial charge in [-0.15, -0.1) is 0 Å². The van der Waals surface area contributed by atoms with Gasteiger partial charge in [0.05, 0.1) is 7.11 Å². The number of methoxy groups -OCH3 is 1. The summed E-state index contributed by atoms with van der Waals surface area (Å²) in [6.45, 7) is 2.04. The highest BCUT2D eigenvalue weighted by molar-refractivity contribution is 6.30. The molecule has 0 amide bonds. The van der Waals surface area contributed by atoms with Gasteiger partial charge in [0.1, 0.15) is 11.5 Å². The van der Waals surface area contributed by atoms with Crippen LogP contribution in [0.15, 0.2) is 42.5 Å². The molecule has 2 aromatic carbocycles. The molecule has 0 spiro atoms. The Bertz CT molecular complexity index is 535. The molecule has 0 saturated heterocycles. The molecule has 1 N–H and O–H groups in total. The minimum Gasteiger partial charge on any atom is -0.508 e. The number of halogens is 1. The summed E-state index contributed by atoms with van der Waals surface area (Å²) in [7, 11) is 1.61. The molecule has 0 aliphatic rings. The lowest BCUT2D eigenvalue weighted by molar-refractivity contribution is 0.410. The fourth-order valence-electron chi connectivity index (χ4n) is 1.94. The van der Waals surface area contributed by atoms with Crippen molar-refractivity contribution in [3.63, 3.8) is 0 Å². The van der Waals surface area contributed by atoms with E-state index in [0.717, 1.165) is 16.9 Å². The molecule has 0 radical (unpaired) electrons. The highest BCUT2D eigenvalue weighted by Gasteiger charge is 2.13. The van der Waals surface area contributed by atoms with Crippen molar-refractivity contribution in [2.75, 3.05) is 7.11 Å². The fourth-order valence-corrected chi connectivity index (χ4v) is 2.06. The van der Waals surface area contributed by atoms with Gasteiger partial charge in [0.25, 0.3) is 0 Å². The van der Waals surface area contributed by atoms with E-state index in [4.69, 9.17) is 16.3 Å². The summed E-state index contributed by atoms with van der Waals surface area (Å²) < 4.78 is 5.18. The van der Waals surface area contributed by atoms with E-state index in [2.05, 4.69) is 0 Å². The fraction of sp³-hybridized carbons (Fsp3) is 0.200. The third-order valence-electron chi connectivity index (χ3n) is 3.07. The first-order valence-corrected chi connectivity index (χ1v) is 6.12. The second-order valence-electron chi connectivity index (χ2n) is 4.20. The monoisotopic (exact) mass is 262 g/mol. The third-order valence-corrected chi connectivity index (χ3v) is 3.32. The second-order valence-corrected chi connectivity index (χ2v) is 4.63. The molecule has 18 heavy (non-hydrogen) atoms. The largest absolute Gasteiger partial charge is 0.508 e. The van der Waals surface area contributed by atoms with E-state index in [1.165, 1.54) is 0 Å². The lowest BCUT2D eigenvalue weighted by Crippen LogP contribution is -1.97. The van der Waals surface area contributed by atoms with Crippen molar-refractivity contribution in [3.8, 4) is 11.5 Å². The third kappa shape index (κ3) is 2.59. The molecule has 1 unspecified atom stereocenters. The van der Waals surface area contributed by atoms with E-state index in [-0.39, 0.29) is 11.7 Å². The number of phenolic OH excluding ortho intramolecular Hbond substituents is 1. The Balaban J connectivity index is 2.38. The van der Waals surface area contributed by atoms with Crippen molar-refractivity contribution in [2.45, 2.75) is 12.8 Å². The molecule has 1 atom stereocenters. The number of hydrogen-bond acceptors (Lipinski definition) is 2. The Morgan fingerprint density at radius 2 is 1.78 bits per heavy atom. The Hall–Kier alpha value is -1.67. The van der Waals surface area contributed by atoms with Crippen molar-refractivity contribution >= 4 is 11.6 Å². The average molecular weight is 263 g/mol. The number of ether oxygens (including phenoxy) is 1. The first-order valence-electron chi connectivity index (χ1n) is 5.74. The number of phenols is 1. The smallest absolute Gasteiger partial charge is 0.119 e. The van der Waals surface area contributed by atoms with E-state index in [9.17, 15) is 5.11 Å². The Kier molecular flexibility index (Phi) is 3.78. The first-order chi connectivity index (χ1) is 8.61. The molecule has 0 aromatic heterocycles. The minimum absolute atomic E-state index is 0.0809. The summed E-state index contributed by atoms with van der Waals surface area (Å²) in [6, 6.07) is 12.9. The first kappa shape index (κ1) is 12.8. The molecule has 94 valence electrons. The van der Waals surface area contributed by atoms with Crippen LogP contribution in [0.25, 0.3) is 0 Å². The van der Waals surface area contributed by atoms with E-state index in [0.29, 0.717) is 5.02 Å². The van der Waals surface area contributed by atoms with Crippen LogP contribution in [0.3, 0.4) is 0 Å². The number of rotatable bonds is 3. The van der Waals surface area contributed by atoms with Crippen molar-refractivity contribution < 1.29 is 9.84 Å². The topological polar surface area (TPSA) is 29.5 Å². The molecule has 2 nitrogen and oxygen atoms in total. The van der Waals surface area contributed by atoms with Gasteiger partial charge in [0.15, 0.2) is 0 Å². The van der Waals surface area contributed by atoms with Crippen LogP contribution in [0.2, 0.25) is 5.02 Å². The number of benzene rings is 2. The van der Waals surface area contributed by atoms with Crippen molar-refractivity contribution in [2.24, 2.45) is 0 Å². The van der Waals surface area contributed by atoms with Gasteiger partial charge in [-0.05, 0) is 35.9 Å². The molecule has 0 saturated carbocycles. The summed E-state index contributed by atoms with van der Waals surface area (Å²) in [6.07, 6.45) is 0. The van der Waals surface area contributed by atoms with Gasteiger partial charge in [-0.3, -0.25) is 0 Å². The summed E-state index contributed by atoms with van der Waals surface area (Å²) in [5, 5.41) is 10.6. The average Bonchev–Trinajstić information content (AvgIpc) is 2.39. The quantitative estimate of drug-likeness (QED) is 0.898. The SMILES string of the molecule is COc1ccc(O)c(C(C)c2ccc(Cl)cc2)c1. The molecular weight excluding hydrogens is 248 g/mol. The summed E-state index contributed by atoms with van der Waals surface area (Å²) in [5.41, 5.74) is 1.94. The Morgan fingerprint density at radius 3 is 2.39 bits per heavy atom. The van der Waals surface area contributed by atoms with Crippen molar-refractivity contribution in [3.05, 3.63) is 58.6 Å². The summed E-state index contributed by atoms with van der Waals surface area (Å²) in [5.74, 6) is 1.10. The van der Waals surface area contributed by atoms with Gasteiger partial charge in [0.2, 0.25) is 0 Å². The van der Waals surface area contributed by atoms with Gasteiger partial charge in [0, 0.05) is 16.5 Å². The molecule has 2 rings (SSSR count). The molecule has 0 fully saturated rings. The molecule has 0 bridgehead atoms. The Labute approximate surface area is 112 Å². The van der Waals surface area contributed by atoms with Crippen LogP contribution < -0.4 is 4.74 Å². The highest BCUT2D eigenvalue weighted by atomic mass is 35.5. The zero-order chi connectivity index (χ0) is 13.1. The normalized spacial score (nSPS) is 12.2. The zero-order valence-electron chi connectivity index (χ0n) is 10.4. The lowest BCUT2D eigenvalue weighted by Gasteiger charge is -2.15. The van der Waals surface area contributed by atoms with E-state index < -0.39 is 0 Å². The van der Waals surface area contributed by atoms with Crippen molar-refractivity contribution in [1.29, 1.82) is 0 Å². The summed E-state index contributed by atoms with van der Waals surface area (Å²) in [4.78, 5) is 0. The van der Waals surface area contributed by atoms with Crippen LogP contribution in [0.1, 0.15) is 24.0 Å². The molecule has 0 aliphatic heterocycles. The number of aromatic hydroxyl groups is 1. The molecular formula is C15H15ClO2. The molecule has 0 aliphatic carbocycles. The Morgan fingerprint density at radius 1 is 1.11 bits per heavy atom. The lowest BCUT2D eigenvalue weighted by atomic mass is 9.92. The number of hydrogen-bond donors (Lipinski definition) is 1. The minimum atomic E-state index is 0.0809. The molecule has 3 heteroatoms. The van der Waals surface area contributed by atoms with Crippen LogP contribution in [-0.4, -0.2) is 12.2 Å². The standard InChI is InChI=1S/C15H15ClO2/c1-10(11-3-5-12(16)6-4-11)14-9-13(18-2)7-8-15(14)17/h3-10,17H,1-2H3. The van der Waals surface area contributed by atoms with Crippen LogP contribution in [0, 0.1) is 0 Å². The predicted molar refractivity (Wildman–Crippen MR) is 73.6 cm³/mol.